The van der Waals surface area contributed by atoms with Gasteiger partial charge in [-0.3, -0.25) is 14.2 Å². The molecule has 0 amide bonds. The van der Waals surface area contributed by atoms with Crippen molar-refractivity contribution in [1.29, 1.82) is 5.26 Å². The molecule has 1 unspecified atom stereocenters. The molecule has 1 aliphatic rings. The van der Waals surface area contributed by atoms with Crippen LogP contribution >= 0.6 is 34.0 Å². The Balaban J connectivity index is 1.01. The summed E-state index contributed by atoms with van der Waals surface area (Å²) in [4.78, 5) is 38.7. The van der Waals surface area contributed by atoms with Gasteiger partial charge in [-0.25, -0.2) is 4.79 Å². The summed E-state index contributed by atoms with van der Waals surface area (Å²) in [6, 6.07) is 39.7. The standard InChI is InChI=1S/C53H43N3O5S3/c1-3-5-8-31(4-2)28-55-44-10-7-6-9-33(44)13-16-38-21-35(17-18-45(38)55)34-14-15-37-26-47-42(24-40(37)22-34)50-49(63-47)41-23-39-19-32(11-12-36(39)25-46(41)62-50)20-48-51(58)56(29-61-30-57)52(64-48)43(27-54)53(59)60/h6-7,9-12,14-15,17-26,30-31H,3-5,8,13,16,28-29H2,1-2H3,(H,59,60). The lowest BCUT2D eigenvalue weighted by atomic mass is 9.95. The molecule has 6 aromatic carbocycles. The number of rotatable bonds is 12. The van der Waals surface area contributed by atoms with E-state index in [-0.39, 0.29) is 15.7 Å². The summed E-state index contributed by atoms with van der Waals surface area (Å²) in [5.41, 5.74) is 7.58. The van der Waals surface area contributed by atoms with E-state index in [0.29, 0.717) is 5.92 Å². The Labute approximate surface area is 380 Å². The van der Waals surface area contributed by atoms with Crippen LogP contribution in [0.1, 0.15) is 56.2 Å². The van der Waals surface area contributed by atoms with Gasteiger partial charge in [0.25, 0.3) is 12.0 Å². The van der Waals surface area contributed by atoms with E-state index in [4.69, 9.17) is 4.74 Å². The molecular formula is C53H43N3O5S3. The molecule has 4 heterocycles. The first-order valence-corrected chi connectivity index (χ1v) is 24.1. The number of carbonyl (C=O) groups is 2. The first-order chi connectivity index (χ1) is 31.2. The van der Waals surface area contributed by atoms with Crippen LogP contribution in [-0.2, 0) is 33.9 Å². The molecular weight excluding hydrogens is 855 g/mol. The smallest absolute Gasteiger partial charge is 0.349 e. The molecule has 0 saturated carbocycles. The fourth-order valence-corrected chi connectivity index (χ4v) is 13.1. The molecule has 10 rings (SSSR count). The quantitative estimate of drug-likeness (QED) is 0.122. The molecule has 0 aliphatic carbocycles. The third-order valence-corrected chi connectivity index (χ3v) is 16.3. The number of aromatic nitrogens is 1. The van der Waals surface area contributed by atoms with Gasteiger partial charge in [0, 0.05) is 38.1 Å². The number of nitrogens with zero attached hydrogens (tertiary/aromatic N) is 3. The lowest BCUT2D eigenvalue weighted by Crippen LogP contribution is -2.33. The topological polar surface area (TPSA) is 113 Å². The average Bonchev–Trinajstić information content (AvgIpc) is 3.90. The maximum Gasteiger partial charge on any atom is 0.349 e. The van der Waals surface area contributed by atoms with Crippen molar-refractivity contribution >= 4 is 121 Å². The number of hydrogen-bond acceptors (Lipinski definition) is 9. The normalized spacial score (nSPS) is 13.9. The van der Waals surface area contributed by atoms with Gasteiger partial charge in [0.05, 0.1) is 13.9 Å². The fourth-order valence-electron chi connectivity index (χ4n) is 9.28. The molecule has 0 saturated heterocycles. The minimum atomic E-state index is -1.47. The minimum Gasteiger partial charge on any atom is -0.477 e. The summed E-state index contributed by atoms with van der Waals surface area (Å²) in [6.45, 7) is 5.33. The third-order valence-electron chi connectivity index (χ3n) is 12.7. The van der Waals surface area contributed by atoms with Crippen molar-refractivity contribution in [1.82, 2.24) is 4.57 Å². The van der Waals surface area contributed by atoms with E-state index in [1.54, 1.807) is 12.1 Å². The summed E-state index contributed by atoms with van der Waals surface area (Å²) >= 11 is 4.50. The molecule has 318 valence electrons. The van der Waals surface area contributed by atoms with Crippen molar-refractivity contribution in [2.24, 2.45) is 5.92 Å². The number of thiazole rings is 1. The molecule has 9 aromatic rings. The highest BCUT2D eigenvalue weighted by atomic mass is 32.1. The second-order valence-corrected chi connectivity index (χ2v) is 19.7. The zero-order valence-corrected chi connectivity index (χ0v) is 37.8. The number of carboxylic acids is 1. The number of anilines is 2. The molecule has 0 fully saturated rings. The van der Waals surface area contributed by atoms with Crippen LogP contribution in [-0.4, -0.2) is 28.7 Å². The SMILES string of the molecule is CCCCC(CC)CN1c2ccccc2CCc2cc(-c3ccc4cc5sc6c7cc8cc(C=c9sc(=C(C#N)C(=O)O)n(COC=O)c9=O)ccc8cc7sc6c5cc4c3)ccc21. The fraction of sp³-hybridized carbons (Fsp3) is 0.208. The van der Waals surface area contributed by atoms with Crippen LogP contribution in [0.2, 0.25) is 0 Å². The predicted molar refractivity (Wildman–Crippen MR) is 265 cm³/mol. The van der Waals surface area contributed by atoms with Crippen molar-refractivity contribution in [3.05, 3.63) is 139 Å². The maximum atomic E-state index is 13.4. The van der Waals surface area contributed by atoms with Gasteiger partial charge in [-0.1, -0.05) is 81.6 Å². The lowest BCUT2D eigenvalue weighted by Gasteiger charge is -2.31. The van der Waals surface area contributed by atoms with Gasteiger partial charge in [-0.2, -0.15) is 5.26 Å². The van der Waals surface area contributed by atoms with Crippen LogP contribution in [0.3, 0.4) is 0 Å². The van der Waals surface area contributed by atoms with Gasteiger partial charge in [0.1, 0.15) is 10.7 Å². The number of hydrogen-bond donors (Lipinski definition) is 1. The van der Waals surface area contributed by atoms with E-state index in [9.17, 15) is 24.8 Å². The van der Waals surface area contributed by atoms with Crippen molar-refractivity contribution < 1.29 is 19.4 Å². The number of fused-ring (bicyclic) bond motifs is 9. The Hall–Kier alpha value is -6.58. The molecule has 0 spiro atoms. The minimum absolute atomic E-state index is 0.0875. The van der Waals surface area contributed by atoms with E-state index in [2.05, 4.69) is 104 Å². The summed E-state index contributed by atoms with van der Waals surface area (Å²) in [6.07, 6.45) is 8.65. The molecule has 64 heavy (non-hydrogen) atoms. The van der Waals surface area contributed by atoms with Gasteiger partial charge in [-0.15, -0.1) is 34.0 Å². The van der Waals surface area contributed by atoms with Crippen molar-refractivity contribution in [2.75, 3.05) is 11.4 Å². The number of benzene rings is 6. The molecule has 8 nitrogen and oxygen atoms in total. The van der Waals surface area contributed by atoms with Crippen LogP contribution in [0.25, 0.3) is 73.9 Å². The Bertz CT molecular complexity index is 3590. The Morgan fingerprint density at radius 3 is 2.19 bits per heavy atom. The van der Waals surface area contributed by atoms with Gasteiger partial charge >= 0.3 is 5.97 Å². The number of aryl methyl sites for hydroxylation is 2. The average molecular weight is 898 g/mol. The summed E-state index contributed by atoms with van der Waals surface area (Å²) in [5.74, 6) is -0.819. The van der Waals surface area contributed by atoms with Crippen molar-refractivity contribution in [2.45, 2.75) is 59.1 Å². The van der Waals surface area contributed by atoms with E-state index in [1.807, 2.05) is 40.9 Å². The van der Waals surface area contributed by atoms with Crippen LogP contribution in [0.4, 0.5) is 11.4 Å². The lowest BCUT2D eigenvalue weighted by molar-refractivity contribution is -0.132. The zero-order chi connectivity index (χ0) is 44.1. The highest BCUT2D eigenvalue weighted by Gasteiger charge is 2.24. The first-order valence-electron chi connectivity index (χ1n) is 21.6. The number of unbranched alkanes of at least 4 members (excludes halogenated alkanes) is 1. The third kappa shape index (κ3) is 7.45. The molecule has 11 heteroatoms. The number of thiophene rings is 2. The molecule has 1 N–H and O–H groups in total. The second-order valence-electron chi connectivity index (χ2n) is 16.6. The van der Waals surface area contributed by atoms with E-state index < -0.39 is 23.8 Å². The number of carboxylic acid groups (broad SMARTS) is 1. The van der Waals surface area contributed by atoms with E-state index >= 15 is 0 Å². The molecule has 0 bridgehead atoms. The largest absolute Gasteiger partial charge is 0.477 e. The van der Waals surface area contributed by atoms with E-state index in [0.717, 1.165) is 51.6 Å². The molecule has 3 aromatic heterocycles. The number of para-hydroxylation sites is 1. The molecule has 1 atom stereocenters. The maximum absolute atomic E-state index is 13.4. The Morgan fingerprint density at radius 2 is 1.48 bits per heavy atom. The number of carbonyl (C=O) groups excluding carboxylic acids is 1. The monoisotopic (exact) mass is 897 g/mol. The predicted octanol–water partition coefficient (Wildman–Crippen LogP) is 11.6. The number of ether oxygens (including phenoxy) is 1. The summed E-state index contributed by atoms with van der Waals surface area (Å²) < 4.78 is 10.9. The molecule has 0 radical (unpaired) electrons. The van der Waals surface area contributed by atoms with Crippen molar-refractivity contribution in [3.8, 4) is 17.2 Å². The number of nitriles is 1. The summed E-state index contributed by atoms with van der Waals surface area (Å²) in [7, 11) is 0. The van der Waals surface area contributed by atoms with Gasteiger partial charge in [0.15, 0.2) is 12.3 Å². The molecule has 1 aliphatic heterocycles. The van der Waals surface area contributed by atoms with Crippen LogP contribution < -0.4 is 19.7 Å². The summed E-state index contributed by atoms with van der Waals surface area (Å²) in [5, 5.41) is 26.0. The van der Waals surface area contributed by atoms with Crippen LogP contribution in [0.15, 0.2) is 108 Å². The van der Waals surface area contributed by atoms with Crippen LogP contribution in [0, 0.1) is 17.2 Å². The second kappa shape index (κ2) is 17.2. The van der Waals surface area contributed by atoms with Gasteiger partial charge in [-0.05, 0) is 135 Å². The highest BCUT2D eigenvalue weighted by molar-refractivity contribution is 7.36. The van der Waals surface area contributed by atoms with E-state index in [1.165, 1.54) is 99.7 Å². The Morgan fingerprint density at radius 1 is 0.812 bits per heavy atom. The van der Waals surface area contributed by atoms with Crippen molar-refractivity contribution in [3.63, 3.8) is 0 Å². The van der Waals surface area contributed by atoms with Crippen LogP contribution in [0.5, 0.6) is 0 Å². The zero-order valence-electron chi connectivity index (χ0n) is 35.4. The number of aliphatic carboxylic acids is 1. The first kappa shape index (κ1) is 41.4. The van der Waals surface area contributed by atoms with Gasteiger partial charge in [0.2, 0.25) is 0 Å². The van der Waals surface area contributed by atoms with Gasteiger partial charge < -0.3 is 14.7 Å². The Kier molecular flexibility index (Phi) is 11.1. The highest BCUT2D eigenvalue weighted by Crippen LogP contribution is 2.47.